The summed E-state index contributed by atoms with van der Waals surface area (Å²) in [5.41, 5.74) is 3.24. The largest absolute Gasteiger partial charge is 0.490 e. The van der Waals surface area contributed by atoms with Gasteiger partial charge in [0.2, 0.25) is 0 Å². The summed E-state index contributed by atoms with van der Waals surface area (Å²) in [5.74, 6) is 1.22. The van der Waals surface area contributed by atoms with Crippen molar-refractivity contribution in [1.82, 2.24) is 10.2 Å². The molecule has 0 spiro atoms. The molecule has 2 N–H and O–H groups in total. The minimum Gasteiger partial charge on any atom is -0.490 e. The summed E-state index contributed by atoms with van der Waals surface area (Å²) in [6, 6.07) is 7.57. The normalized spacial score (nSPS) is 18.1. The lowest BCUT2D eigenvalue weighted by Gasteiger charge is -2.24. The van der Waals surface area contributed by atoms with Crippen LogP contribution in [0.4, 0.5) is 5.69 Å². The van der Waals surface area contributed by atoms with Crippen LogP contribution in [0.25, 0.3) is 0 Å². The lowest BCUT2D eigenvalue weighted by atomic mass is 10.1. The number of ether oxygens (including phenoxy) is 2. The number of aryl methyl sites for hydroxylation is 1. The molecule has 1 aliphatic heterocycles. The summed E-state index contributed by atoms with van der Waals surface area (Å²) in [4.78, 5) is 12.3. The van der Waals surface area contributed by atoms with E-state index in [0.717, 1.165) is 48.7 Å². The number of hydrogen-bond acceptors (Lipinski definition) is 4. The number of nitrogens with zero attached hydrogens (tertiary/aromatic N) is 1. The molecule has 2 heterocycles. The number of anilines is 1. The maximum Gasteiger partial charge on any atom is 0.276 e. The highest BCUT2D eigenvalue weighted by Crippen LogP contribution is 2.39. The summed E-state index contributed by atoms with van der Waals surface area (Å²) >= 11 is 0. The molecule has 1 aromatic carbocycles. The first-order valence-corrected chi connectivity index (χ1v) is 8.91. The van der Waals surface area contributed by atoms with Gasteiger partial charge < -0.3 is 14.8 Å². The third kappa shape index (κ3) is 3.85. The van der Waals surface area contributed by atoms with Crippen molar-refractivity contribution in [2.24, 2.45) is 0 Å². The third-order valence-corrected chi connectivity index (χ3v) is 4.74. The highest BCUT2D eigenvalue weighted by molar-refractivity contribution is 6.03. The Hall–Kier alpha value is -2.34. The van der Waals surface area contributed by atoms with Crippen molar-refractivity contribution in [2.45, 2.75) is 44.6 Å². The molecular weight excluding hydrogens is 318 g/mol. The van der Waals surface area contributed by atoms with Crippen LogP contribution in [0.1, 0.15) is 53.3 Å². The number of carbonyl (C=O) groups excluding carboxylic acids is 1. The number of carbonyl (C=O) groups is 1. The Kier molecular flexibility index (Phi) is 4.44. The molecule has 0 atom stereocenters. The van der Waals surface area contributed by atoms with Crippen LogP contribution < -0.4 is 10.1 Å². The van der Waals surface area contributed by atoms with Crippen LogP contribution in [-0.2, 0) is 4.74 Å². The van der Waals surface area contributed by atoms with E-state index in [2.05, 4.69) is 15.5 Å². The molecule has 1 saturated carbocycles. The first-order chi connectivity index (χ1) is 12.2. The van der Waals surface area contributed by atoms with Crippen molar-refractivity contribution in [3.05, 3.63) is 41.2 Å². The van der Waals surface area contributed by atoms with Gasteiger partial charge in [0.05, 0.1) is 13.2 Å². The fraction of sp³-hybridized carbons (Fsp3) is 0.474. The number of hydrogen-bond donors (Lipinski definition) is 2. The molecule has 6 heteroatoms. The van der Waals surface area contributed by atoms with Gasteiger partial charge >= 0.3 is 0 Å². The van der Waals surface area contributed by atoms with Gasteiger partial charge in [-0.15, -0.1) is 0 Å². The molecule has 2 aromatic rings. The van der Waals surface area contributed by atoms with E-state index >= 15 is 0 Å². The fourth-order valence-electron chi connectivity index (χ4n) is 3.08. The van der Waals surface area contributed by atoms with Crippen molar-refractivity contribution < 1.29 is 14.3 Å². The Morgan fingerprint density at radius 2 is 2.04 bits per heavy atom. The molecule has 6 nitrogen and oxygen atoms in total. The summed E-state index contributed by atoms with van der Waals surface area (Å²) in [7, 11) is 0. The zero-order valence-electron chi connectivity index (χ0n) is 14.4. The van der Waals surface area contributed by atoms with Gasteiger partial charge in [-0.25, -0.2) is 0 Å². The van der Waals surface area contributed by atoms with E-state index in [4.69, 9.17) is 9.47 Å². The number of H-pyrrole nitrogens is 1. The molecule has 2 aliphatic rings. The van der Waals surface area contributed by atoms with Crippen molar-refractivity contribution in [3.8, 4) is 5.75 Å². The van der Waals surface area contributed by atoms with Crippen molar-refractivity contribution in [1.29, 1.82) is 0 Å². The molecule has 25 heavy (non-hydrogen) atoms. The Balaban J connectivity index is 1.39. The standard InChI is InChI=1S/C19H23N3O3/c1-12-10-14(4-5-18(12)25-15-6-8-24-9-7-15)20-19(23)17-11-16(21-22-17)13-2-3-13/h4-5,10-11,13,15H,2-3,6-9H2,1H3,(H,20,23)(H,21,22). The molecule has 2 fully saturated rings. The van der Waals surface area contributed by atoms with Gasteiger partial charge in [-0.1, -0.05) is 0 Å². The predicted octanol–water partition coefficient (Wildman–Crippen LogP) is 3.41. The van der Waals surface area contributed by atoms with Gasteiger partial charge in [-0.05, 0) is 49.6 Å². The maximum atomic E-state index is 12.3. The van der Waals surface area contributed by atoms with Gasteiger partial charge in [0, 0.05) is 30.1 Å². The van der Waals surface area contributed by atoms with Crippen LogP contribution in [0.5, 0.6) is 5.75 Å². The van der Waals surface area contributed by atoms with E-state index < -0.39 is 0 Å². The number of nitrogens with one attached hydrogen (secondary N) is 2. The average molecular weight is 341 g/mol. The lowest BCUT2D eigenvalue weighted by molar-refractivity contribution is 0.0253. The number of aromatic amines is 1. The van der Waals surface area contributed by atoms with Crippen molar-refractivity contribution in [3.63, 3.8) is 0 Å². The highest BCUT2D eigenvalue weighted by atomic mass is 16.5. The van der Waals surface area contributed by atoms with E-state index in [-0.39, 0.29) is 12.0 Å². The first-order valence-electron chi connectivity index (χ1n) is 8.91. The second kappa shape index (κ2) is 6.88. The van der Waals surface area contributed by atoms with E-state index in [1.807, 2.05) is 31.2 Å². The molecule has 1 saturated heterocycles. The predicted molar refractivity (Wildman–Crippen MR) is 94.2 cm³/mol. The third-order valence-electron chi connectivity index (χ3n) is 4.74. The highest BCUT2D eigenvalue weighted by Gasteiger charge is 2.26. The van der Waals surface area contributed by atoms with Crippen LogP contribution in [-0.4, -0.2) is 35.4 Å². The van der Waals surface area contributed by atoms with Crippen LogP contribution in [0.15, 0.2) is 24.3 Å². The number of rotatable bonds is 5. The Morgan fingerprint density at radius 1 is 1.24 bits per heavy atom. The van der Waals surface area contributed by atoms with Gasteiger partial charge in [0.15, 0.2) is 5.69 Å². The Bertz CT molecular complexity index is 761. The van der Waals surface area contributed by atoms with E-state index in [1.165, 1.54) is 12.8 Å². The monoisotopic (exact) mass is 341 g/mol. The topological polar surface area (TPSA) is 76.2 Å². The minimum atomic E-state index is -0.194. The molecule has 1 amide bonds. The summed E-state index contributed by atoms with van der Waals surface area (Å²) in [6.45, 7) is 3.50. The number of aromatic nitrogens is 2. The Morgan fingerprint density at radius 3 is 2.76 bits per heavy atom. The Labute approximate surface area is 146 Å². The number of amides is 1. The van der Waals surface area contributed by atoms with E-state index in [1.54, 1.807) is 0 Å². The fourth-order valence-corrected chi connectivity index (χ4v) is 3.08. The maximum absolute atomic E-state index is 12.3. The second-order valence-corrected chi connectivity index (χ2v) is 6.85. The van der Waals surface area contributed by atoms with Crippen LogP contribution >= 0.6 is 0 Å². The summed E-state index contributed by atoms with van der Waals surface area (Å²) in [5, 5.41) is 9.98. The van der Waals surface area contributed by atoms with Gasteiger partial charge in [-0.2, -0.15) is 5.10 Å². The summed E-state index contributed by atoms with van der Waals surface area (Å²) < 4.78 is 11.4. The van der Waals surface area contributed by atoms with Gasteiger partial charge in [0.25, 0.3) is 5.91 Å². The average Bonchev–Trinajstić information content (AvgIpc) is 3.35. The quantitative estimate of drug-likeness (QED) is 0.874. The van der Waals surface area contributed by atoms with E-state index in [9.17, 15) is 4.79 Å². The smallest absolute Gasteiger partial charge is 0.276 e. The van der Waals surface area contributed by atoms with Crippen molar-refractivity contribution in [2.75, 3.05) is 18.5 Å². The molecule has 0 radical (unpaired) electrons. The van der Waals surface area contributed by atoms with E-state index in [0.29, 0.717) is 11.6 Å². The van der Waals surface area contributed by atoms with Crippen LogP contribution in [0.3, 0.4) is 0 Å². The second-order valence-electron chi connectivity index (χ2n) is 6.85. The number of benzene rings is 1. The van der Waals surface area contributed by atoms with Crippen LogP contribution in [0, 0.1) is 6.92 Å². The first kappa shape index (κ1) is 16.1. The molecular formula is C19H23N3O3. The van der Waals surface area contributed by atoms with Gasteiger partial charge in [-0.3, -0.25) is 9.89 Å². The molecule has 0 bridgehead atoms. The molecule has 132 valence electrons. The molecule has 4 rings (SSSR count). The zero-order valence-corrected chi connectivity index (χ0v) is 14.4. The molecule has 1 aliphatic carbocycles. The SMILES string of the molecule is Cc1cc(NC(=O)c2cc(C3CC3)[nH]n2)ccc1OC1CCOCC1. The van der Waals surface area contributed by atoms with Crippen LogP contribution in [0.2, 0.25) is 0 Å². The lowest BCUT2D eigenvalue weighted by Crippen LogP contribution is -2.26. The molecule has 0 unspecified atom stereocenters. The molecule has 1 aromatic heterocycles. The van der Waals surface area contributed by atoms with Crippen molar-refractivity contribution >= 4 is 11.6 Å². The van der Waals surface area contributed by atoms with Gasteiger partial charge in [0.1, 0.15) is 11.9 Å². The zero-order chi connectivity index (χ0) is 17.2. The minimum absolute atomic E-state index is 0.194. The summed E-state index contributed by atoms with van der Waals surface area (Å²) in [6.07, 6.45) is 4.40.